The predicted octanol–water partition coefficient (Wildman–Crippen LogP) is 0.915. The number of amides is 3. The molecule has 1 saturated carbocycles. The fourth-order valence-electron chi connectivity index (χ4n) is 5.79. The Morgan fingerprint density at radius 3 is 2.08 bits per heavy atom. The number of phenolic OH excluding ortho intramolecular Hbond substituents is 2. The average Bonchev–Trinajstić information content (AvgIpc) is 3.29. The maximum absolute atomic E-state index is 14.1. The highest BCUT2D eigenvalue weighted by molar-refractivity contribution is 5.93. The second kappa shape index (κ2) is 12.4. The number of rotatable bonds is 9. The van der Waals surface area contributed by atoms with Gasteiger partial charge >= 0.3 is 5.97 Å². The molecule has 0 bridgehead atoms. The molecule has 1 aliphatic heterocycles. The van der Waals surface area contributed by atoms with Gasteiger partial charge in [-0.1, -0.05) is 24.3 Å². The minimum atomic E-state index is -1.49. The molecule has 2 aromatic rings. The number of aliphatic hydroxyl groups excluding tert-OH is 1. The summed E-state index contributed by atoms with van der Waals surface area (Å²) in [5, 5.41) is 32.5. The number of aromatic hydroxyl groups is 2. The Balaban J connectivity index is 1.58. The lowest BCUT2D eigenvalue weighted by molar-refractivity contribution is -0.151. The summed E-state index contributed by atoms with van der Waals surface area (Å²) in [5.74, 6) is -2.32. The lowest BCUT2D eigenvalue weighted by Crippen LogP contribution is -2.58. The molecule has 1 aliphatic carbocycles. The van der Waals surface area contributed by atoms with Gasteiger partial charge in [-0.3, -0.25) is 19.2 Å². The summed E-state index contributed by atoms with van der Waals surface area (Å²) in [6.45, 7) is 1.32. The van der Waals surface area contributed by atoms with Crippen LogP contribution in [-0.2, 0) is 36.8 Å². The van der Waals surface area contributed by atoms with Gasteiger partial charge in [0.1, 0.15) is 35.8 Å². The first-order valence-electron chi connectivity index (χ1n) is 13.3. The van der Waals surface area contributed by atoms with Crippen LogP contribution in [0, 0.1) is 5.92 Å². The molecular weight excluding hydrogens is 518 g/mol. The van der Waals surface area contributed by atoms with Crippen LogP contribution in [0.25, 0.3) is 0 Å². The molecule has 2 fully saturated rings. The summed E-state index contributed by atoms with van der Waals surface area (Å²) >= 11 is 0. The molecule has 2 aromatic carbocycles. The predicted molar refractivity (Wildman–Crippen MR) is 143 cm³/mol. The maximum Gasteiger partial charge on any atom is 0.302 e. The van der Waals surface area contributed by atoms with Crippen molar-refractivity contribution >= 4 is 23.7 Å². The van der Waals surface area contributed by atoms with Gasteiger partial charge in [-0.05, 0) is 60.6 Å². The Hall–Kier alpha value is -4.12. The topological polar surface area (TPSA) is 179 Å². The van der Waals surface area contributed by atoms with Crippen LogP contribution in [-0.4, -0.2) is 74.2 Å². The van der Waals surface area contributed by atoms with Gasteiger partial charge in [0.25, 0.3) is 0 Å². The Morgan fingerprint density at radius 2 is 1.52 bits per heavy atom. The number of esters is 1. The number of hydrogen-bond acceptors (Lipinski definition) is 8. The van der Waals surface area contributed by atoms with Crippen molar-refractivity contribution in [1.29, 1.82) is 0 Å². The highest BCUT2D eigenvalue weighted by Gasteiger charge is 2.50. The summed E-state index contributed by atoms with van der Waals surface area (Å²) in [6.07, 6.45) is 0.0873. The molecule has 6 atom stereocenters. The minimum absolute atomic E-state index is 0.0154. The first-order valence-corrected chi connectivity index (χ1v) is 13.3. The first kappa shape index (κ1) is 28.9. The Bertz CT molecular complexity index is 1230. The molecule has 3 amide bonds. The van der Waals surface area contributed by atoms with E-state index >= 15 is 0 Å². The minimum Gasteiger partial charge on any atom is -0.508 e. The number of nitrogens with zero attached hydrogens (tertiary/aromatic N) is 1. The van der Waals surface area contributed by atoms with Gasteiger partial charge < -0.3 is 36.0 Å². The molecule has 11 heteroatoms. The molecular formula is C29H35N3O8. The smallest absolute Gasteiger partial charge is 0.302 e. The van der Waals surface area contributed by atoms with E-state index in [4.69, 9.17) is 10.5 Å². The van der Waals surface area contributed by atoms with E-state index in [1.807, 2.05) is 0 Å². The van der Waals surface area contributed by atoms with E-state index < -0.39 is 54.0 Å². The number of likely N-dealkylation sites (tertiary alicyclic amines) is 1. The zero-order chi connectivity index (χ0) is 29.0. The van der Waals surface area contributed by atoms with E-state index in [2.05, 4.69) is 5.32 Å². The van der Waals surface area contributed by atoms with E-state index in [0.717, 1.165) is 0 Å². The number of nitrogens with two attached hydrogens (primary N) is 1. The van der Waals surface area contributed by atoms with Crippen LogP contribution in [0.5, 0.6) is 11.5 Å². The van der Waals surface area contributed by atoms with Gasteiger partial charge in [-0.2, -0.15) is 0 Å². The van der Waals surface area contributed by atoms with Gasteiger partial charge in [0, 0.05) is 32.2 Å². The lowest BCUT2D eigenvalue weighted by atomic mass is 9.83. The van der Waals surface area contributed by atoms with Crippen LogP contribution in [0.2, 0.25) is 0 Å². The first-order chi connectivity index (χ1) is 19.0. The van der Waals surface area contributed by atoms with Crippen molar-refractivity contribution in [2.75, 3.05) is 0 Å². The second-order valence-corrected chi connectivity index (χ2v) is 10.6. The van der Waals surface area contributed by atoms with Gasteiger partial charge in [0.05, 0.1) is 0 Å². The summed E-state index contributed by atoms with van der Waals surface area (Å²) < 4.78 is 5.42. The van der Waals surface area contributed by atoms with Crippen LogP contribution >= 0.6 is 0 Å². The molecule has 4 rings (SSSR count). The van der Waals surface area contributed by atoms with Crippen LogP contribution in [0.15, 0.2) is 48.5 Å². The molecule has 0 aromatic heterocycles. The Morgan fingerprint density at radius 1 is 0.950 bits per heavy atom. The highest BCUT2D eigenvalue weighted by atomic mass is 16.5. The van der Waals surface area contributed by atoms with Gasteiger partial charge in [-0.25, -0.2) is 0 Å². The van der Waals surface area contributed by atoms with Crippen molar-refractivity contribution in [2.24, 2.45) is 11.7 Å². The zero-order valence-corrected chi connectivity index (χ0v) is 22.2. The van der Waals surface area contributed by atoms with Crippen LogP contribution < -0.4 is 11.1 Å². The van der Waals surface area contributed by atoms with Crippen LogP contribution in [0.1, 0.15) is 43.7 Å². The summed E-state index contributed by atoms with van der Waals surface area (Å²) in [6, 6.07) is 9.74. The third-order valence-electron chi connectivity index (χ3n) is 7.70. The summed E-state index contributed by atoms with van der Waals surface area (Å²) in [4.78, 5) is 52.7. The van der Waals surface area contributed by atoms with Gasteiger partial charge in [0.2, 0.25) is 17.7 Å². The number of benzene rings is 2. The number of fused-ring (bicyclic) bond motifs is 1. The quantitative estimate of drug-likeness (QED) is 0.284. The van der Waals surface area contributed by atoms with E-state index in [1.54, 1.807) is 24.3 Å². The largest absolute Gasteiger partial charge is 0.508 e. The Kier molecular flexibility index (Phi) is 8.93. The molecule has 214 valence electrons. The van der Waals surface area contributed by atoms with Crippen molar-refractivity contribution in [3.8, 4) is 11.5 Å². The molecule has 6 N–H and O–H groups in total. The van der Waals surface area contributed by atoms with Crippen molar-refractivity contribution in [3.63, 3.8) is 0 Å². The van der Waals surface area contributed by atoms with E-state index in [-0.39, 0.29) is 30.3 Å². The molecule has 11 nitrogen and oxygen atoms in total. The molecule has 2 aliphatic rings. The van der Waals surface area contributed by atoms with Crippen molar-refractivity contribution in [2.45, 2.75) is 75.8 Å². The number of nitrogens with one attached hydrogen (secondary N) is 1. The zero-order valence-electron chi connectivity index (χ0n) is 22.2. The number of primary amides is 1. The molecule has 0 spiro atoms. The number of phenols is 2. The standard InChI is InChI=1S/C29H35N3O8/c1-16(33)40-22-11-6-19-14-25(27(30)37)32(24(19)15-22)29(39)23(12-17-2-7-20(34)8-3-17)31-28(38)26(36)13-18-4-9-21(35)10-5-18/h2-5,7-10,19,22-26,34-36H,6,11-15H2,1H3,(H2,30,37)(H,31,38)/t19-,22-,23-,24-,25-,26+/m1/s1. The third-order valence-corrected chi connectivity index (χ3v) is 7.70. The number of hydrogen-bond donors (Lipinski definition) is 5. The van der Waals surface area contributed by atoms with Gasteiger partial charge in [-0.15, -0.1) is 0 Å². The monoisotopic (exact) mass is 553 g/mol. The van der Waals surface area contributed by atoms with Crippen molar-refractivity contribution in [3.05, 3.63) is 59.7 Å². The van der Waals surface area contributed by atoms with Gasteiger partial charge in [0.15, 0.2) is 0 Å². The fraction of sp³-hybridized carbons (Fsp3) is 0.448. The summed E-state index contributed by atoms with van der Waals surface area (Å²) in [7, 11) is 0. The molecule has 1 saturated heterocycles. The van der Waals surface area contributed by atoms with E-state index in [9.17, 15) is 34.5 Å². The van der Waals surface area contributed by atoms with E-state index in [0.29, 0.717) is 36.8 Å². The molecule has 0 unspecified atom stereocenters. The number of carbonyl (C=O) groups is 4. The number of ether oxygens (including phenoxy) is 1. The van der Waals surface area contributed by atoms with E-state index in [1.165, 1.54) is 36.1 Å². The van der Waals surface area contributed by atoms with Crippen LogP contribution in [0.4, 0.5) is 0 Å². The number of carbonyl (C=O) groups excluding carboxylic acids is 4. The molecule has 1 heterocycles. The van der Waals surface area contributed by atoms with Crippen LogP contribution in [0.3, 0.4) is 0 Å². The maximum atomic E-state index is 14.1. The Labute approximate surface area is 231 Å². The number of aliphatic hydroxyl groups is 1. The SMILES string of the molecule is CC(=O)O[C@@H]1CC[C@@H]2C[C@H](C(N)=O)N(C(=O)[C@@H](Cc3ccc(O)cc3)NC(=O)[C@@H](O)Cc3ccc(O)cc3)[C@@H]2C1. The molecule has 0 radical (unpaired) electrons. The second-order valence-electron chi connectivity index (χ2n) is 10.6. The fourth-order valence-corrected chi connectivity index (χ4v) is 5.79. The average molecular weight is 554 g/mol. The third kappa shape index (κ3) is 6.90. The lowest BCUT2D eigenvalue weighted by Gasteiger charge is -2.38. The molecule has 40 heavy (non-hydrogen) atoms. The summed E-state index contributed by atoms with van der Waals surface area (Å²) in [5.41, 5.74) is 6.96. The van der Waals surface area contributed by atoms with Crippen molar-refractivity contribution < 1.29 is 39.2 Å². The normalized spacial score (nSPS) is 23.5. The van der Waals surface area contributed by atoms with Crippen molar-refractivity contribution in [1.82, 2.24) is 10.2 Å². The highest BCUT2D eigenvalue weighted by Crippen LogP contribution is 2.41.